The first-order valence-electron chi connectivity index (χ1n) is 3.58. The molecule has 66 valence electrons. The van der Waals surface area contributed by atoms with E-state index in [1.165, 1.54) is 0 Å². The second kappa shape index (κ2) is 5.02. The second-order valence-electron chi connectivity index (χ2n) is 2.21. The van der Waals surface area contributed by atoms with Crippen LogP contribution in [0.15, 0.2) is 18.3 Å². The zero-order chi connectivity index (χ0) is 9.68. The molecule has 6 heteroatoms. The van der Waals surface area contributed by atoms with Crippen molar-refractivity contribution in [3.63, 3.8) is 0 Å². The van der Waals surface area contributed by atoms with Crippen LogP contribution in [0.5, 0.6) is 5.88 Å². The van der Waals surface area contributed by atoms with Gasteiger partial charge in [0.15, 0.2) is 11.0 Å². The lowest BCUT2D eigenvalue weighted by molar-refractivity contribution is 0.588. The summed E-state index contributed by atoms with van der Waals surface area (Å²) in [4.78, 5) is 3.99. The number of aromatic nitrogens is 1. The Kier molecular flexibility index (Phi) is 3.96. The molecular weight excluding hydrogens is 201 g/mol. The Hall–Kier alpha value is -0.828. The normalized spacial score (nSPS) is 9.00. The van der Waals surface area contributed by atoms with Gasteiger partial charge in [0.2, 0.25) is 0 Å². The third kappa shape index (κ3) is 3.19. The highest BCUT2D eigenvalue weighted by molar-refractivity contribution is 7.80. The summed E-state index contributed by atoms with van der Waals surface area (Å²) in [5, 5.41) is 6.29. The predicted octanol–water partition coefficient (Wildman–Crippen LogP) is 0.460. The molecule has 0 amide bonds. The van der Waals surface area contributed by atoms with Gasteiger partial charge in [0, 0.05) is 7.05 Å². The molecule has 0 saturated heterocycles. The average Bonchev–Trinajstić information content (AvgIpc) is 2.19. The zero-order valence-electron chi connectivity index (χ0n) is 7.07. The minimum absolute atomic E-state index is 0.547. The standard InChI is InChI=1S/C7H9N3OS.Al/c1-8-7(12)10-5-2-3-6(11)9-4-5;/h2-4H,1H3,(H,9,11)(H2,8,10,12);/q;+1/p-1. The smallest absolute Gasteiger partial charge is 0.483 e. The molecule has 1 rings (SSSR count). The van der Waals surface area contributed by atoms with Crippen molar-refractivity contribution in [3.8, 4) is 5.88 Å². The monoisotopic (exact) mass is 209 g/mol. The van der Waals surface area contributed by atoms with Crippen molar-refractivity contribution in [3.05, 3.63) is 18.3 Å². The average molecular weight is 209 g/mol. The molecule has 0 spiro atoms. The Morgan fingerprint density at radius 2 is 2.38 bits per heavy atom. The minimum Gasteiger partial charge on any atom is -0.640 e. The van der Waals surface area contributed by atoms with Crippen LogP contribution in [-0.2, 0) is 0 Å². The molecule has 1 heterocycles. The number of hydrogen-bond acceptors (Lipinski definition) is 3. The fraction of sp³-hybridized carbons (Fsp3) is 0.143. The molecule has 0 aliphatic heterocycles. The number of thiocarbonyl (C=S) groups is 1. The van der Waals surface area contributed by atoms with Crippen LogP contribution in [-0.4, -0.2) is 33.8 Å². The molecule has 13 heavy (non-hydrogen) atoms. The summed E-state index contributed by atoms with van der Waals surface area (Å²) in [6.45, 7) is 0. The molecule has 0 aromatic carbocycles. The maximum atomic E-state index is 4.91. The van der Waals surface area contributed by atoms with Crippen LogP contribution in [0.2, 0.25) is 0 Å². The van der Waals surface area contributed by atoms with Gasteiger partial charge in [-0.1, -0.05) is 0 Å². The molecule has 0 bridgehead atoms. The zero-order valence-corrected chi connectivity index (χ0v) is 9.04. The molecule has 2 N–H and O–H groups in total. The lowest BCUT2D eigenvalue weighted by Gasteiger charge is -2.07. The Labute approximate surface area is 90.5 Å². The van der Waals surface area contributed by atoms with Crippen LogP contribution in [0.25, 0.3) is 0 Å². The van der Waals surface area contributed by atoms with E-state index in [0.717, 1.165) is 5.69 Å². The number of rotatable bonds is 2. The van der Waals surface area contributed by atoms with Crippen LogP contribution in [0.4, 0.5) is 5.69 Å². The van der Waals surface area contributed by atoms with E-state index in [4.69, 9.17) is 16.0 Å². The quantitative estimate of drug-likeness (QED) is 0.547. The van der Waals surface area contributed by atoms with Crippen molar-refractivity contribution >= 4 is 39.6 Å². The SMILES string of the molecule is CNC(=S)Nc1ccc([O][Al])nc1. The van der Waals surface area contributed by atoms with Crippen LogP contribution in [0.1, 0.15) is 0 Å². The van der Waals surface area contributed by atoms with Gasteiger partial charge in [-0.25, -0.2) is 4.98 Å². The van der Waals surface area contributed by atoms with Gasteiger partial charge >= 0.3 is 16.6 Å². The van der Waals surface area contributed by atoms with Crippen LogP contribution in [0.3, 0.4) is 0 Å². The topological polar surface area (TPSA) is 46.2 Å². The molecule has 1 aromatic rings. The molecule has 4 nitrogen and oxygen atoms in total. The number of nitrogens with zero attached hydrogens (tertiary/aromatic N) is 1. The van der Waals surface area contributed by atoms with Crippen molar-refractivity contribution in [1.82, 2.24) is 10.3 Å². The Morgan fingerprint density at radius 3 is 2.85 bits per heavy atom. The van der Waals surface area contributed by atoms with Crippen molar-refractivity contribution < 1.29 is 3.79 Å². The number of pyridine rings is 1. The van der Waals surface area contributed by atoms with E-state index >= 15 is 0 Å². The van der Waals surface area contributed by atoms with Gasteiger partial charge in [-0.05, 0) is 24.4 Å². The first-order valence-corrected chi connectivity index (χ1v) is 4.45. The van der Waals surface area contributed by atoms with Crippen LogP contribution < -0.4 is 14.4 Å². The van der Waals surface area contributed by atoms with Crippen molar-refractivity contribution in [2.24, 2.45) is 0 Å². The molecule has 0 fully saturated rings. The molecule has 2 radical (unpaired) electrons. The lowest BCUT2D eigenvalue weighted by atomic mass is 10.4. The van der Waals surface area contributed by atoms with Crippen LogP contribution >= 0.6 is 12.2 Å². The van der Waals surface area contributed by atoms with Crippen molar-refractivity contribution in [1.29, 1.82) is 0 Å². The molecule has 0 aliphatic carbocycles. The van der Waals surface area contributed by atoms with Gasteiger partial charge in [-0.3, -0.25) is 0 Å². The predicted molar refractivity (Wildman–Crippen MR) is 55.9 cm³/mol. The summed E-state index contributed by atoms with van der Waals surface area (Å²) in [6.07, 6.45) is 1.64. The van der Waals surface area contributed by atoms with Gasteiger partial charge in [-0.15, -0.1) is 0 Å². The van der Waals surface area contributed by atoms with Gasteiger partial charge in [0.1, 0.15) is 0 Å². The number of nitrogens with one attached hydrogen (secondary N) is 2. The maximum absolute atomic E-state index is 4.91. The van der Waals surface area contributed by atoms with E-state index in [2.05, 4.69) is 32.2 Å². The minimum atomic E-state index is 0.547. The Balaban J connectivity index is 2.64. The fourth-order valence-corrected chi connectivity index (χ4v) is 0.975. The highest BCUT2D eigenvalue weighted by Gasteiger charge is 1.95. The number of hydrogen-bond donors (Lipinski definition) is 2. The highest BCUT2D eigenvalue weighted by atomic mass is 32.1. The summed E-state index contributed by atoms with van der Waals surface area (Å²) in [6, 6.07) is 3.57. The number of anilines is 1. The molecule has 0 saturated carbocycles. The van der Waals surface area contributed by atoms with E-state index in [1.807, 2.05) is 6.07 Å². The third-order valence-corrected chi connectivity index (χ3v) is 1.89. The Morgan fingerprint density at radius 1 is 1.62 bits per heavy atom. The van der Waals surface area contributed by atoms with Crippen molar-refractivity contribution in [2.75, 3.05) is 12.4 Å². The summed E-state index contributed by atoms with van der Waals surface area (Å²) >= 11 is 7.05. The molecular formula is C7H8AlN3OS. The Bertz CT molecular complexity index is 290. The van der Waals surface area contributed by atoms with E-state index in [1.54, 1.807) is 19.3 Å². The van der Waals surface area contributed by atoms with Gasteiger partial charge in [0.25, 0.3) is 0 Å². The fourth-order valence-electron chi connectivity index (χ4n) is 0.718. The molecule has 0 aliphatic rings. The maximum Gasteiger partial charge on any atom is 0.483 e. The first-order chi connectivity index (χ1) is 6.26. The molecule has 0 atom stereocenters. The summed E-state index contributed by atoms with van der Waals surface area (Å²) in [5.41, 5.74) is 0.824. The summed E-state index contributed by atoms with van der Waals surface area (Å²) in [7, 11) is 1.75. The summed E-state index contributed by atoms with van der Waals surface area (Å²) in [5.74, 6) is 0.547. The molecule has 1 aromatic heterocycles. The first kappa shape index (κ1) is 10.3. The third-order valence-electron chi connectivity index (χ3n) is 1.34. The van der Waals surface area contributed by atoms with Gasteiger partial charge in [0.05, 0.1) is 11.9 Å². The van der Waals surface area contributed by atoms with E-state index in [9.17, 15) is 0 Å². The van der Waals surface area contributed by atoms with Crippen LogP contribution in [0, 0.1) is 0 Å². The van der Waals surface area contributed by atoms with Crippen molar-refractivity contribution in [2.45, 2.75) is 0 Å². The highest BCUT2D eigenvalue weighted by Crippen LogP contribution is 2.10. The van der Waals surface area contributed by atoms with Gasteiger partial charge < -0.3 is 14.4 Å². The second-order valence-corrected chi connectivity index (χ2v) is 2.85. The van der Waals surface area contributed by atoms with E-state index in [0.29, 0.717) is 11.0 Å². The van der Waals surface area contributed by atoms with E-state index < -0.39 is 0 Å². The van der Waals surface area contributed by atoms with E-state index in [-0.39, 0.29) is 0 Å². The molecule has 0 unspecified atom stereocenters. The van der Waals surface area contributed by atoms with Gasteiger partial charge in [-0.2, -0.15) is 0 Å². The largest absolute Gasteiger partial charge is 0.640 e. The lowest BCUT2D eigenvalue weighted by Crippen LogP contribution is -2.24. The summed E-state index contributed by atoms with van der Waals surface area (Å²) < 4.78 is 4.83.